The molecule has 0 aliphatic heterocycles. The fourth-order valence-electron chi connectivity index (χ4n) is 1.24. The summed E-state index contributed by atoms with van der Waals surface area (Å²) in [5.74, 6) is -0.386. The van der Waals surface area contributed by atoms with Gasteiger partial charge in [-0.2, -0.15) is 5.10 Å². The molecule has 2 aromatic heterocycles. The summed E-state index contributed by atoms with van der Waals surface area (Å²) in [6.07, 6.45) is 1.79. The first-order valence-electron chi connectivity index (χ1n) is 4.43. The molecular weight excluding hydrogens is 180 g/mol. The Bertz CT molecular complexity index is 462. The van der Waals surface area contributed by atoms with Crippen LogP contribution >= 0.6 is 0 Å². The Morgan fingerprint density at radius 2 is 2.36 bits per heavy atom. The number of esters is 1. The van der Waals surface area contributed by atoms with Gasteiger partial charge in [-0.3, -0.25) is 0 Å². The van der Waals surface area contributed by atoms with Gasteiger partial charge in [-0.1, -0.05) is 0 Å². The highest BCUT2D eigenvalue weighted by Gasteiger charge is 2.08. The third kappa shape index (κ3) is 1.46. The summed E-state index contributed by atoms with van der Waals surface area (Å²) in [5.41, 5.74) is 1.29. The van der Waals surface area contributed by atoms with Gasteiger partial charge in [-0.05, 0) is 31.2 Å². The largest absolute Gasteiger partial charge is 0.461 e. The van der Waals surface area contributed by atoms with Crippen molar-refractivity contribution in [2.45, 2.75) is 6.92 Å². The number of fused-ring (bicyclic) bond motifs is 1. The lowest BCUT2D eigenvalue weighted by molar-refractivity contribution is 0.0518. The van der Waals surface area contributed by atoms with E-state index in [0.29, 0.717) is 12.3 Å². The van der Waals surface area contributed by atoms with E-state index in [2.05, 4.69) is 5.10 Å². The second kappa shape index (κ2) is 3.49. The van der Waals surface area contributed by atoms with Crippen LogP contribution in [0.15, 0.2) is 30.5 Å². The third-order valence-electron chi connectivity index (χ3n) is 1.87. The van der Waals surface area contributed by atoms with Crippen molar-refractivity contribution in [3.05, 3.63) is 36.2 Å². The molecule has 0 unspecified atom stereocenters. The van der Waals surface area contributed by atoms with Crippen molar-refractivity contribution in [1.82, 2.24) is 9.61 Å². The number of nitrogens with zero attached hydrogens (tertiary/aromatic N) is 2. The van der Waals surface area contributed by atoms with Gasteiger partial charge in [0, 0.05) is 6.20 Å². The van der Waals surface area contributed by atoms with E-state index in [1.165, 1.54) is 0 Å². The van der Waals surface area contributed by atoms with Crippen LogP contribution in [0.5, 0.6) is 0 Å². The van der Waals surface area contributed by atoms with Gasteiger partial charge in [-0.25, -0.2) is 9.31 Å². The van der Waals surface area contributed by atoms with Crippen molar-refractivity contribution in [1.29, 1.82) is 0 Å². The normalized spacial score (nSPS) is 10.4. The number of hydrogen-bond donors (Lipinski definition) is 0. The van der Waals surface area contributed by atoms with Crippen molar-refractivity contribution in [3.8, 4) is 0 Å². The Kier molecular flexibility index (Phi) is 2.18. The summed E-state index contributed by atoms with van der Waals surface area (Å²) < 4.78 is 6.48. The summed E-state index contributed by atoms with van der Waals surface area (Å²) >= 11 is 0. The monoisotopic (exact) mass is 190 g/mol. The molecule has 2 heterocycles. The molecule has 0 saturated carbocycles. The Labute approximate surface area is 81.1 Å². The van der Waals surface area contributed by atoms with Crippen LogP contribution in [-0.2, 0) is 4.74 Å². The van der Waals surface area contributed by atoms with Crippen LogP contribution in [0.4, 0.5) is 0 Å². The maximum absolute atomic E-state index is 11.3. The molecule has 0 N–H and O–H groups in total. The van der Waals surface area contributed by atoms with Crippen molar-refractivity contribution in [2.24, 2.45) is 0 Å². The van der Waals surface area contributed by atoms with E-state index in [4.69, 9.17) is 4.74 Å². The zero-order valence-corrected chi connectivity index (χ0v) is 7.80. The second-order valence-electron chi connectivity index (χ2n) is 2.82. The minimum absolute atomic E-state index is 0.329. The van der Waals surface area contributed by atoms with E-state index < -0.39 is 0 Å². The van der Waals surface area contributed by atoms with Gasteiger partial charge < -0.3 is 4.74 Å². The van der Waals surface area contributed by atoms with Crippen molar-refractivity contribution in [3.63, 3.8) is 0 Å². The summed E-state index contributed by atoms with van der Waals surface area (Å²) in [4.78, 5) is 11.3. The van der Waals surface area contributed by atoms with Crippen LogP contribution < -0.4 is 0 Å². The number of ether oxygens (including phenoxy) is 1. The van der Waals surface area contributed by atoms with E-state index in [-0.39, 0.29) is 5.97 Å². The molecule has 0 radical (unpaired) electrons. The number of aromatic nitrogens is 2. The molecule has 0 fully saturated rings. The molecule has 0 aromatic carbocycles. The summed E-state index contributed by atoms with van der Waals surface area (Å²) in [7, 11) is 0. The molecule has 4 heteroatoms. The fraction of sp³-hybridized carbons (Fsp3) is 0.200. The Morgan fingerprint density at radius 3 is 3.14 bits per heavy atom. The van der Waals surface area contributed by atoms with Crippen LogP contribution in [0.25, 0.3) is 5.52 Å². The molecule has 72 valence electrons. The van der Waals surface area contributed by atoms with Gasteiger partial charge in [-0.15, -0.1) is 0 Å². The molecule has 0 amide bonds. The highest BCUT2D eigenvalue weighted by Crippen LogP contribution is 2.04. The fourth-order valence-corrected chi connectivity index (χ4v) is 1.24. The van der Waals surface area contributed by atoms with E-state index in [0.717, 1.165) is 5.52 Å². The SMILES string of the molecule is CCOC(=O)c1ccc2cccn2n1. The van der Waals surface area contributed by atoms with Crippen molar-refractivity contribution in [2.75, 3.05) is 6.61 Å². The van der Waals surface area contributed by atoms with Crippen molar-refractivity contribution >= 4 is 11.5 Å². The average Bonchev–Trinajstić information content (AvgIpc) is 2.64. The first-order chi connectivity index (χ1) is 6.81. The van der Waals surface area contributed by atoms with Gasteiger partial charge in [0.1, 0.15) is 0 Å². The molecule has 0 atom stereocenters. The zero-order valence-electron chi connectivity index (χ0n) is 7.80. The van der Waals surface area contributed by atoms with Gasteiger partial charge in [0.2, 0.25) is 0 Å². The molecule has 0 spiro atoms. The molecule has 4 nitrogen and oxygen atoms in total. The third-order valence-corrected chi connectivity index (χ3v) is 1.87. The van der Waals surface area contributed by atoms with Gasteiger partial charge in [0.25, 0.3) is 0 Å². The molecule has 14 heavy (non-hydrogen) atoms. The lowest BCUT2D eigenvalue weighted by atomic mass is 10.3. The lowest BCUT2D eigenvalue weighted by Gasteiger charge is -2.01. The first-order valence-corrected chi connectivity index (χ1v) is 4.43. The minimum Gasteiger partial charge on any atom is -0.461 e. The predicted octanol–water partition coefficient (Wildman–Crippen LogP) is 1.51. The van der Waals surface area contributed by atoms with Gasteiger partial charge in [0.05, 0.1) is 12.1 Å². The molecule has 2 aromatic rings. The Morgan fingerprint density at radius 1 is 1.50 bits per heavy atom. The maximum atomic E-state index is 11.3. The molecule has 0 saturated heterocycles. The van der Waals surface area contributed by atoms with E-state index >= 15 is 0 Å². The van der Waals surface area contributed by atoms with Crippen LogP contribution in [-0.4, -0.2) is 22.2 Å². The summed E-state index contributed by atoms with van der Waals surface area (Å²) in [5, 5.41) is 4.10. The van der Waals surface area contributed by atoms with Crippen LogP contribution in [0.1, 0.15) is 17.4 Å². The molecule has 0 aliphatic carbocycles. The summed E-state index contributed by atoms with van der Waals surface area (Å²) in [6, 6.07) is 7.28. The predicted molar refractivity (Wildman–Crippen MR) is 51.1 cm³/mol. The van der Waals surface area contributed by atoms with Crippen molar-refractivity contribution < 1.29 is 9.53 Å². The van der Waals surface area contributed by atoms with Gasteiger partial charge >= 0.3 is 5.97 Å². The first kappa shape index (κ1) is 8.74. The molecule has 0 bridgehead atoms. The average molecular weight is 190 g/mol. The number of hydrogen-bond acceptors (Lipinski definition) is 3. The van der Waals surface area contributed by atoms with E-state index in [1.807, 2.05) is 18.2 Å². The zero-order chi connectivity index (χ0) is 9.97. The van der Waals surface area contributed by atoms with Crippen LogP contribution in [0.3, 0.4) is 0 Å². The highest BCUT2D eigenvalue weighted by atomic mass is 16.5. The number of rotatable bonds is 2. The Balaban J connectivity index is 2.38. The van der Waals surface area contributed by atoms with E-state index in [9.17, 15) is 4.79 Å². The topological polar surface area (TPSA) is 43.6 Å². The van der Waals surface area contributed by atoms with Crippen LogP contribution in [0, 0.1) is 0 Å². The minimum atomic E-state index is -0.386. The molecule has 2 rings (SSSR count). The smallest absolute Gasteiger partial charge is 0.358 e. The molecular formula is C10H10N2O2. The standard InChI is InChI=1S/C10H10N2O2/c1-2-14-10(13)9-6-5-8-4-3-7-12(8)11-9/h3-7H,2H2,1H3. The Hall–Kier alpha value is -1.84. The number of carbonyl (C=O) groups is 1. The number of carbonyl (C=O) groups excluding carboxylic acids is 1. The van der Waals surface area contributed by atoms with Gasteiger partial charge in [0.15, 0.2) is 5.69 Å². The molecule has 0 aliphatic rings. The quantitative estimate of drug-likeness (QED) is 0.674. The van der Waals surface area contributed by atoms with E-state index in [1.54, 1.807) is 23.7 Å². The maximum Gasteiger partial charge on any atom is 0.358 e. The second-order valence-corrected chi connectivity index (χ2v) is 2.82. The highest BCUT2D eigenvalue weighted by molar-refractivity contribution is 5.87. The lowest BCUT2D eigenvalue weighted by Crippen LogP contribution is -2.08. The summed E-state index contributed by atoms with van der Waals surface area (Å²) in [6.45, 7) is 2.14. The van der Waals surface area contributed by atoms with Crippen LogP contribution in [0.2, 0.25) is 0 Å².